The first kappa shape index (κ1) is 48.5. The third-order valence-corrected chi connectivity index (χ3v) is 14.1. The van der Waals surface area contributed by atoms with Gasteiger partial charge in [0.05, 0.1) is 23.6 Å². The Morgan fingerprint density at radius 1 is 0.464 bits per heavy atom. The normalized spacial score (nSPS) is 12.3. The van der Waals surface area contributed by atoms with Gasteiger partial charge in [0.15, 0.2) is 0 Å². The summed E-state index contributed by atoms with van der Waals surface area (Å²) in [6.45, 7) is 27.3. The zero-order chi connectivity index (χ0) is 49.5. The van der Waals surface area contributed by atoms with Crippen molar-refractivity contribution in [3.63, 3.8) is 0 Å². The molecule has 0 radical (unpaired) electrons. The minimum Gasteiger partial charge on any atom is -0.507 e. The first-order valence-electron chi connectivity index (χ1n) is 24.6. The van der Waals surface area contributed by atoms with E-state index >= 15 is 0 Å². The third-order valence-electron chi connectivity index (χ3n) is 14.1. The van der Waals surface area contributed by atoms with E-state index in [-0.39, 0.29) is 21.7 Å². The number of pyridine rings is 1. The third kappa shape index (κ3) is 10.4. The second-order valence-electron chi connectivity index (χ2n) is 22.6. The number of benzene rings is 7. The molecule has 0 atom stereocenters. The van der Waals surface area contributed by atoms with E-state index in [1.54, 1.807) is 0 Å². The molecule has 0 fully saturated rings. The monoisotopic (exact) mass is 910 g/mol. The lowest BCUT2D eigenvalue weighted by molar-refractivity contribution is 0.438. The van der Waals surface area contributed by atoms with Crippen molar-refractivity contribution in [2.45, 2.75) is 118 Å². The molecule has 69 heavy (non-hydrogen) atoms. The Hall–Kier alpha value is -6.91. The lowest BCUT2D eigenvalue weighted by Gasteiger charge is -2.33. The highest BCUT2D eigenvalue weighted by molar-refractivity contribution is 5.93. The summed E-state index contributed by atoms with van der Waals surface area (Å²) in [6, 6.07) is 58.7. The number of nitrogens with zero attached hydrogens (tertiary/aromatic N) is 2. The number of hydrogen-bond acceptors (Lipinski definition) is 4. The second-order valence-corrected chi connectivity index (χ2v) is 22.6. The Morgan fingerprint density at radius 3 is 1.65 bits per heavy atom. The number of anilines is 3. The van der Waals surface area contributed by atoms with Gasteiger partial charge in [-0.2, -0.15) is 0 Å². The molecular formula is C65H71N3O. The highest BCUT2D eigenvalue weighted by atomic mass is 16.3. The van der Waals surface area contributed by atoms with Crippen molar-refractivity contribution in [2.24, 2.45) is 0 Å². The number of phenols is 1. The Bertz CT molecular complexity index is 3090. The quantitative estimate of drug-likeness (QED) is 0.127. The standard InChI is InChI=1S/C65H71N3O/c1-13-65(11,12)51-31-32-58(55(40-51)46-23-18-15-19-24-46)68(42-50-38-53(63(5,6)7)41-56(61(50)69)64(8,9)10)59-26-20-25-54(60(59)66)48-35-49(37-52(36-48)62(2,3)4)57-39-47(33-34-67-57)45-29-27-44(28-30-45)43-21-16-14-17-22-43/h14-41,69H,13,42,66H2,1-12H3. The van der Waals surface area contributed by atoms with Crippen molar-refractivity contribution in [1.29, 1.82) is 0 Å². The van der Waals surface area contributed by atoms with Crippen LogP contribution in [0.25, 0.3) is 55.8 Å². The largest absolute Gasteiger partial charge is 0.507 e. The fourth-order valence-electron chi connectivity index (χ4n) is 9.19. The Labute approximate surface area is 413 Å². The van der Waals surface area contributed by atoms with Crippen LogP contribution in [0.3, 0.4) is 0 Å². The molecule has 1 aromatic heterocycles. The van der Waals surface area contributed by atoms with E-state index in [0.29, 0.717) is 18.0 Å². The van der Waals surface area contributed by atoms with Crippen LogP contribution < -0.4 is 10.6 Å². The van der Waals surface area contributed by atoms with Crippen LogP contribution in [0.2, 0.25) is 0 Å². The van der Waals surface area contributed by atoms with Gasteiger partial charge in [0.1, 0.15) is 5.75 Å². The average molecular weight is 910 g/mol. The van der Waals surface area contributed by atoms with E-state index in [1.165, 1.54) is 27.8 Å². The summed E-state index contributed by atoms with van der Waals surface area (Å²) < 4.78 is 0. The van der Waals surface area contributed by atoms with Gasteiger partial charge in [-0.15, -0.1) is 0 Å². The molecule has 0 saturated heterocycles. The minimum atomic E-state index is -0.288. The smallest absolute Gasteiger partial charge is 0.124 e. The maximum absolute atomic E-state index is 12.4. The molecule has 0 aliphatic rings. The molecule has 8 aromatic rings. The molecule has 0 aliphatic heterocycles. The highest BCUT2D eigenvalue weighted by Crippen LogP contribution is 2.47. The van der Waals surface area contributed by atoms with Crippen molar-refractivity contribution in [1.82, 2.24) is 4.98 Å². The van der Waals surface area contributed by atoms with Crippen LogP contribution in [-0.2, 0) is 28.2 Å². The first-order valence-corrected chi connectivity index (χ1v) is 24.6. The van der Waals surface area contributed by atoms with Gasteiger partial charge in [0.25, 0.3) is 0 Å². The number of aromatic nitrogens is 1. The molecule has 4 nitrogen and oxygen atoms in total. The maximum atomic E-state index is 12.4. The van der Waals surface area contributed by atoms with Crippen molar-refractivity contribution >= 4 is 17.1 Å². The molecule has 0 bridgehead atoms. The predicted octanol–water partition coefficient (Wildman–Crippen LogP) is 17.6. The van der Waals surface area contributed by atoms with Crippen LogP contribution in [0.15, 0.2) is 170 Å². The van der Waals surface area contributed by atoms with Crippen molar-refractivity contribution in [3.05, 3.63) is 198 Å². The van der Waals surface area contributed by atoms with Crippen molar-refractivity contribution in [3.8, 4) is 61.5 Å². The number of aromatic hydroxyl groups is 1. The number of hydrogen-bond donors (Lipinski definition) is 2. The fraction of sp³-hybridized carbons (Fsp3) is 0.277. The van der Waals surface area contributed by atoms with Gasteiger partial charge < -0.3 is 15.7 Å². The molecule has 0 unspecified atom stereocenters. The molecule has 8 rings (SSSR count). The van der Waals surface area contributed by atoms with E-state index in [0.717, 1.165) is 73.6 Å². The van der Waals surface area contributed by atoms with E-state index in [2.05, 4.69) is 246 Å². The summed E-state index contributed by atoms with van der Waals surface area (Å²) in [5.41, 5.74) is 25.7. The van der Waals surface area contributed by atoms with Gasteiger partial charge in [-0.25, -0.2) is 0 Å². The average Bonchev–Trinajstić information content (AvgIpc) is 3.33. The van der Waals surface area contributed by atoms with Crippen LogP contribution >= 0.6 is 0 Å². The molecule has 7 aromatic carbocycles. The number of para-hydroxylation sites is 1. The van der Waals surface area contributed by atoms with E-state index in [9.17, 15) is 5.11 Å². The summed E-state index contributed by atoms with van der Waals surface area (Å²) >= 11 is 0. The molecule has 0 amide bonds. The zero-order valence-corrected chi connectivity index (χ0v) is 43.0. The summed E-state index contributed by atoms with van der Waals surface area (Å²) in [6.07, 6.45) is 2.91. The van der Waals surface area contributed by atoms with Gasteiger partial charge >= 0.3 is 0 Å². The van der Waals surface area contributed by atoms with E-state index in [4.69, 9.17) is 10.7 Å². The van der Waals surface area contributed by atoms with Crippen LogP contribution in [-0.4, -0.2) is 10.1 Å². The predicted molar refractivity (Wildman–Crippen MR) is 296 cm³/mol. The van der Waals surface area contributed by atoms with Gasteiger partial charge in [-0.1, -0.05) is 198 Å². The number of phenolic OH excluding ortho intramolecular Hbond substituents is 1. The van der Waals surface area contributed by atoms with Crippen molar-refractivity contribution < 1.29 is 5.11 Å². The van der Waals surface area contributed by atoms with Gasteiger partial charge in [0, 0.05) is 34.1 Å². The Kier molecular flexibility index (Phi) is 13.3. The lowest BCUT2D eigenvalue weighted by Crippen LogP contribution is -2.23. The molecule has 4 heteroatoms. The molecule has 0 saturated carbocycles. The summed E-state index contributed by atoms with van der Waals surface area (Å²) in [7, 11) is 0. The van der Waals surface area contributed by atoms with E-state index < -0.39 is 0 Å². The van der Waals surface area contributed by atoms with Gasteiger partial charge in [0.2, 0.25) is 0 Å². The van der Waals surface area contributed by atoms with Crippen molar-refractivity contribution in [2.75, 3.05) is 10.6 Å². The Balaban J connectivity index is 1.31. The van der Waals surface area contributed by atoms with Crippen LogP contribution in [0.4, 0.5) is 17.1 Å². The minimum absolute atomic E-state index is 0.0378. The topological polar surface area (TPSA) is 62.4 Å². The maximum Gasteiger partial charge on any atom is 0.124 e. The van der Waals surface area contributed by atoms with E-state index in [1.807, 2.05) is 12.3 Å². The number of nitrogens with two attached hydrogens (primary N) is 1. The highest BCUT2D eigenvalue weighted by Gasteiger charge is 2.29. The first-order chi connectivity index (χ1) is 32.6. The van der Waals surface area contributed by atoms with Crippen LogP contribution in [0.1, 0.15) is 117 Å². The number of nitrogen functional groups attached to an aromatic ring is 1. The molecule has 3 N–H and O–H groups in total. The van der Waals surface area contributed by atoms with Gasteiger partial charge in [-0.3, -0.25) is 4.98 Å². The molecule has 352 valence electrons. The molecular weight excluding hydrogens is 839 g/mol. The van der Waals surface area contributed by atoms with Crippen LogP contribution in [0.5, 0.6) is 5.75 Å². The molecule has 0 aliphatic carbocycles. The summed E-state index contributed by atoms with van der Waals surface area (Å²) in [5.74, 6) is 0.324. The number of rotatable bonds is 11. The molecule has 0 spiro atoms. The summed E-state index contributed by atoms with van der Waals surface area (Å²) in [4.78, 5) is 7.31. The fourth-order valence-corrected chi connectivity index (χ4v) is 9.19. The zero-order valence-electron chi connectivity index (χ0n) is 43.0. The van der Waals surface area contributed by atoms with Crippen LogP contribution in [0, 0.1) is 0 Å². The lowest BCUT2D eigenvalue weighted by atomic mass is 9.78. The second kappa shape index (κ2) is 18.9. The Morgan fingerprint density at radius 2 is 1.04 bits per heavy atom. The van der Waals surface area contributed by atoms with Gasteiger partial charge in [-0.05, 0) is 132 Å². The molecule has 1 heterocycles. The summed E-state index contributed by atoms with van der Waals surface area (Å²) in [5, 5.41) is 12.4. The SMILES string of the molecule is CCC(C)(C)c1ccc(N(Cc2cc(C(C)(C)C)cc(C(C)(C)C)c2O)c2cccc(-c3cc(-c4cc(-c5ccc(-c6ccccc6)cc5)ccn4)cc(C(C)(C)C)c3)c2N)c(-c2ccccc2)c1.